The van der Waals surface area contributed by atoms with Crippen molar-refractivity contribution < 1.29 is 9.47 Å². The van der Waals surface area contributed by atoms with Gasteiger partial charge in [-0.2, -0.15) is 0 Å². The highest BCUT2D eigenvalue weighted by Gasteiger charge is 2.32. The van der Waals surface area contributed by atoms with Gasteiger partial charge >= 0.3 is 0 Å². The SMILES string of the molecule is CCNC(=NCc1ccc(CN(CC)CC)cc1)N1CCOC(C2CCCO2)C1. The first-order valence-electron chi connectivity index (χ1n) is 11.3. The van der Waals surface area contributed by atoms with Gasteiger partial charge in [0, 0.05) is 32.8 Å². The standard InChI is InChI=1S/C23H38N4O2/c1-4-24-23(27-13-15-29-22(18-27)21-8-7-14-28-21)25-16-19-9-11-20(12-10-19)17-26(5-2)6-3/h9-12,21-22H,4-8,13-18H2,1-3H3,(H,24,25). The van der Waals surface area contributed by atoms with Gasteiger partial charge in [-0.3, -0.25) is 4.90 Å². The average Bonchev–Trinajstić information content (AvgIpc) is 3.31. The van der Waals surface area contributed by atoms with E-state index in [4.69, 9.17) is 14.5 Å². The molecule has 0 radical (unpaired) electrons. The maximum Gasteiger partial charge on any atom is 0.194 e. The van der Waals surface area contributed by atoms with Crippen LogP contribution in [0.4, 0.5) is 0 Å². The molecule has 0 spiro atoms. The normalized spacial score (nSPS) is 23.0. The summed E-state index contributed by atoms with van der Waals surface area (Å²) in [5, 5.41) is 3.46. The van der Waals surface area contributed by atoms with Crippen LogP contribution in [0.5, 0.6) is 0 Å². The Kier molecular flexibility index (Phi) is 8.77. The van der Waals surface area contributed by atoms with Crippen LogP contribution in [-0.4, -0.2) is 73.9 Å². The number of morpholine rings is 1. The molecular weight excluding hydrogens is 364 g/mol. The summed E-state index contributed by atoms with van der Waals surface area (Å²) in [6, 6.07) is 8.89. The maximum absolute atomic E-state index is 5.99. The van der Waals surface area contributed by atoms with Gasteiger partial charge in [0.25, 0.3) is 0 Å². The molecule has 1 aromatic rings. The van der Waals surface area contributed by atoms with Crippen molar-refractivity contribution in [2.45, 2.75) is 58.9 Å². The lowest BCUT2D eigenvalue weighted by atomic mass is 10.1. The van der Waals surface area contributed by atoms with Crippen molar-refractivity contribution in [3.05, 3.63) is 35.4 Å². The number of benzene rings is 1. The van der Waals surface area contributed by atoms with E-state index < -0.39 is 0 Å². The Labute approximate surface area is 176 Å². The number of ether oxygens (including phenoxy) is 2. The number of hydrogen-bond donors (Lipinski definition) is 1. The fraction of sp³-hybridized carbons (Fsp3) is 0.696. The van der Waals surface area contributed by atoms with Crippen LogP contribution in [0.3, 0.4) is 0 Å². The molecule has 6 nitrogen and oxygen atoms in total. The lowest BCUT2D eigenvalue weighted by molar-refractivity contribution is -0.0817. The summed E-state index contributed by atoms with van der Waals surface area (Å²) in [6.45, 7) is 14.6. The smallest absolute Gasteiger partial charge is 0.194 e. The first-order valence-corrected chi connectivity index (χ1v) is 11.3. The van der Waals surface area contributed by atoms with Crippen LogP contribution in [0.15, 0.2) is 29.3 Å². The predicted octanol–water partition coefficient (Wildman–Crippen LogP) is 2.87. The van der Waals surface area contributed by atoms with E-state index in [1.807, 2.05) is 0 Å². The Morgan fingerprint density at radius 1 is 1.07 bits per heavy atom. The van der Waals surface area contributed by atoms with Gasteiger partial charge in [-0.05, 0) is 44.0 Å². The molecule has 3 rings (SSSR count). The molecule has 29 heavy (non-hydrogen) atoms. The second-order valence-corrected chi connectivity index (χ2v) is 7.85. The molecule has 0 amide bonds. The first kappa shape index (κ1) is 22.1. The van der Waals surface area contributed by atoms with Crippen molar-refractivity contribution in [1.29, 1.82) is 0 Å². The van der Waals surface area contributed by atoms with Gasteiger partial charge in [-0.1, -0.05) is 38.1 Å². The molecule has 2 aliphatic rings. The van der Waals surface area contributed by atoms with E-state index in [0.29, 0.717) is 6.54 Å². The molecule has 1 N–H and O–H groups in total. The second kappa shape index (κ2) is 11.5. The zero-order valence-electron chi connectivity index (χ0n) is 18.4. The number of aliphatic imine (C=N–C) groups is 1. The fourth-order valence-electron chi connectivity index (χ4n) is 4.04. The van der Waals surface area contributed by atoms with Crippen molar-refractivity contribution >= 4 is 5.96 Å². The monoisotopic (exact) mass is 402 g/mol. The highest BCUT2D eigenvalue weighted by molar-refractivity contribution is 5.80. The van der Waals surface area contributed by atoms with Gasteiger partial charge in [0.1, 0.15) is 6.10 Å². The summed E-state index contributed by atoms with van der Waals surface area (Å²) in [4.78, 5) is 9.67. The van der Waals surface area contributed by atoms with E-state index in [1.54, 1.807) is 0 Å². The third-order valence-corrected chi connectivity index (χ3v) is 5.84. The largest absolute Gasteiger partial charge is 0.375 e. The number of nitrogens with one attached hydrogen (secondary N) is 1. The van der Waals surface area contributed by atoms with Crippen molar-refractivity contribution in [3.8, 4) is 0 Å². The minimum atomic E-state index is 0.148. The Bertz CT molecular complexity index is 624. The zero-order chi connectivity index (χ0) is 20.5. The number of rotatable bonds is 8. The van der Waals surface area contributed by atoms with E-state index in [-0.39, 0.29) is 12.2 Å². The van der Waals surface area contributed by atoms with Gasteiger partial charge in [0.05, 0.1) is 19.3 Å². The lowest BCUT2D eigenvalue weighted by Crippen LogP contribution is -2.53. The maximum atomic E-state index is 5.99. The molecule has 0 aromatic heterocycles. The summed E-state index contributed by atoms with van der Waals surface area (Å²) in [5.74, 6) is 0.978. The Hall–Kier alpha value is -1.63. The average molecular weight is 403 g/mol. The topological polar surface area (TPSA) is 49.3 Å². The summed E-state index contributed by atoms with van der Waals surface area (Å²) in [5.41, 5.74) is 2.61. The number of guanidine groups is 1. The van der Waals surface area contributed by atoms with Crippen LogP contribution >= 0.6 is 0 Å². The number of hydrogen-bond acceptors (Lipinski definition) is 4. The Morgan fingerprint density at radius 2 is 1.79 bits per heavy atom. The minimum Gasteiger partial charge on any atom is -0.375 e. The molecule has 162 valence electrons. The van der Waals surface area contributed by atoms with E-state index >= 15 is 0 Å². The molecule has 0 aliphatic carbocycles. The van der Waals surface area contributed by atoms with Crippen LogP contribution < -0.4 is 5.32 Å². The highest BCUT2D eigenvalue weighted by atomic mass is 16.5. The van der Waals surface area contributed by atoms with Gasteiger partial charge in [-0.25, -0.2) is 4.99 Å². The van der Waals surface area contributed by atoms with Crippen LogP contribution in [0, 0.1) is 0 Å². The zero-order valence-corrected chi connectivity index (χ0v) is 18.4. The third-order valence-electron chi connectivity index (χ3n) is 5.84. The van der Waals surface area contributed by atoms with Crippen LogP contribution in [-0.2, 0) is 22.6 Å². The molecule has 0 bridgehead atoms. The van der Waals surface area contributed by atoms with E-state index in [2.05, 4.69) is 60.2 Å². The van der Waals surface area contributed by atoms with Crippen molar-refractivity contribution in [3.63, 3.8) is 0 Å². The molecule has 2 atom stereocenters. The molecule has 2 saturated heterocycles. The van der Waals surface area contributed by atoms with E-state index in [9.17, 15) is 0 Å². The summed E-state index contributed by atoms with van der Waals surface area (Å²) < 4.78 is 11.8. The Morgan fingerprint density at radius 3 is 2.45 bits per heavy atom. The third kappa shape index (κ3) is 6.43. The molecule has 0 saturated carbocycles. The van der Waals surface area contributed by atoms with Crippen LogP contribution in [0.25, 0.3) is 0 Å². The molecule has 1 aromatic carbocycles. The summed E-state index contributed by atoms with van der Waals surface area (Å²) >= 11 is 0. The number of nitrogens with zero attached hydrogens (tertiary/aromatic N) is 3. The first-order chi connectivity index (χ1) is 14.2. The molecule has 2 aliphatic heterocycles. The van der Waals surface area contributed by atoms with Gasteiger partial charge in [-0.15, -0.1) is 0 Å². The summed E-state index contributed by atoms with van der Waals surface area (Å²) in [7, 11) is 0. The summed E-state index contributed by atoms with van der Waals surface area (Å²) in [6.07, 6.45) is 2.63. The fourth-order valence-corrected chi connectivity index (χ4v) is 4.04. The van der Waals surface area contributed by atoms with Gasteiger partial charge < -0.3 is 19.7 Å². The molecule has 2 heterocycles. The van der Waals surface area contributed by atoms with Crippen molar-refractivity contribution in [2.75, 3.05) is 45.9 Å². The van der Waals surface area contributed by atoms with Crippen molar-refractivity contribution in [2.24, 2.45) is 4.99 Å². The minimum absolute atomic E-state index is 0.148. The van der Waals surface area contributed by atoms with Crippen molar-refractivity contribution in [1.82, 2.24) is 15.1 Å². The Balaban J connectivity index is 1.59. The van der Waals surface area contributed by atoms with Crippen LogP contribution in [0.2, 0.25) is 0 Å². The lowest BCUT2D eigenvalue weighted by Gasteiger charge is -2.37. The second-order valence-electron chi connectivity index (χ2n) is 7.85. The quantitative estimate of drug-likeness (QED) is 0.535. The molecule has 6 heteroatoms. The van der Waals surface area contributed by atoms with Gasteiger partial charge in [0.15, 0.2) is 5.96 Å². The molecule has 2 unspecified atom stereocenters. The van der Waals surface area contributed by atoms with E-state index in [1.165, 1.54) is 11.1 Å². The van der Waals surface area contributed by atoms with Gasteiger partial charge in [0.2, 0.25) is 0 Å². The highest BCUT2D eigenvalue weighted by Crippen LogP contribution is 2.21. The predicted molar refractivity (Wildman–Crippen MR) is 118 cm³/mol. The molecular formula is C23H38N4O2. The van der Waals surface area contributed by atoms with E-state index in [0.717, 1.165) is 71.3 Å². The molecule has 2 fully saturated rings. The van der Waals surface area contributed by atoms with Crippen LogP contribution in [0.1, 0.15) is 44.7 Å².